The molecule has 0 aromatic carbocycles. The maximum absolute atomic E-state index is 10.9. The minimum absolute atomic E-state index is 0.0756. The summed E-state index contributed by atoms with van der Waals surface area (Å²) in [6, 6.07) is 1.66. The first kappa shape index (κ1) is 10.5. The number of aromatic carboxylic acids is 1. The van der Waals surface area contributed by atoms with Crippen LogP contribution in [0.5, 0.6) is 0 Å². The molecule has 0 aliphatic heterocycles. The lowest BCUT2D eigenvalue weighted by molar-refractivity contribution is 0.0687. The molecule has 1 heterocycles. The zero-order chi connectivity index (χ0) is 10.9. The van der Waals surface area contributed by atoms with Crippen LogP contribution in [-0.2, 0) is 5.41 Å². The predicted molar refractivity (Wildman–Crippen MR) is 54.3 cm³/mol. The molecule has 0 spiro atoms. The summed E-state index contributed by atoms with van der Waals surface area (Å²) in [5, 5.41) is 8.92. The van der Waals surface area contributed by atoms with Gasteiger partial charge < -0.3 is 10.8 Å². The van der Waals surface area contributed by atoms with E-state index in [-0.39, 0.29) is 11.1 Å². The van der Waals surface area contributed by atoms with Gasteiger partial charge in [-0.05, 0) is 17.0 Å². The Kier molecular flexibility index (Phi) is 2.47. The normalized spacial score (nSPS) is 11.4. The summed E-state index contributed by atoms with van der Waals surface area (Å²) in [6.07, 6.45) is 1.36. The first-order chi connectivity index (χ1) is 6.32. The van der Waals surface area contributed by atoms with Gasteiger partial charge in [0.1, 0.15) is 0 Å². The van der Waals surface area contributed by atoms with Crippen LogP contribution in [0.1, 0.15) is 36.8 Å². The summed E-state index contributed by atoms with van der Waals surface area (Å²) in [7, 11) is 0. The highest BCUT2D eigenvalue weighted by Crippen LogP contribution is 2.26. The number of hydrogen-bond donors (Lipinski definition) is 2. The third-order valence-electron chi connectivity index (χ3n) is 1.92. The average Bonchev–Trinajstić information content (AvgIpc) is 2.01. The van der Waals surface area contributed by atoms with E-state index in [1.165, 1.54) is 6.20 Å². The molecule has 0 unspecified atom stereocenters. The third kappa shape index (κ3) is 2.02. The van der Waals surface area contributed by atoms with Crippen molar-refractivity contribution in [2.75, 3.05) is 5.73 Å². The van der Waals surface area contributed by atoms with E-state index in [2.05, 4.69) is 4.98 Å². The molecule has 4 heteroatoms. The highest BCUT2D eigenvalue weighted by Gasteiger charge is 2.22. The maximum Gasteiger partial charge on any atom is 0.354 e. The largest absolute Gasteiger partial charge is 0.477 e. The minimum Gasteiger partial charge on any atom is -0.477 e. The number of rotatable bonds is 1. The van der Waals surface area contributed by atoms with Gasteiger partial charge in [-0.25, -0.2) is 9.78 Å². The van der Waals surface area contributed by atoms with Gasteiger partial charge in [-0.3, -0.25) is 0 Å². The maximum atomic E-state index is 10.9. The van der Waals surface area contributed by atoms with Crippen LogP contribution >= 0.6 is 0 Å². The molecule has 0 aliphatic carbocycles. The first-order valence-electron chi connectivity index (χ1n) is 4.31. The summed E-state index contributed by atoms with van der Waals surface area (Å²) < 4.78 is 0. The lowest BCUT2D eigenvalue weighted by Crippen LogP contribution is -2.18. The Morgan fingerprint density at radius 2 is 2.07 bits per heavy atom. The van der Waals surface area contributed by atoms with Gasteiger partial charge in [0, 0.05) is 0 Å². The molecule has 0 aliphatic rings. The van der Waals surface area contributed by atoms with Gasteiger partial charge in [-0.2, -0.15) is 0 Å². The lowest BCUT2D eigenvalue weighted by Gasteiger charge is -2.20. The fourth-order valence-corrected chi connectivity index (χ4v) is 1.22. The molecule has 76 valence electrons. The SMILES string of the molecule is CC(C)(C)c1cc(N)cnc1C(=O)O. The molecular formula is C10H14N2O2. The third-order valence-corrected chi connectivity index (χ3v) is 1.92. The van der Waals surface area contributed by atoms with Crippen molar-refractivity contribution in [3.8, 4) is 0 Å². The van der Waals surface area contributed by atoms with Crippen LogP contribution in [0.3, 0.4) is 0 Å². The molecule has 4 nitrogen and oxygen atoms in total. The number of pyridine rings is 1. The van der Waals surface area contributed by atoms with Crippen molar-refractivity contribution in [2.24, 2.45) is 0 Å². The molecule has 14 heavy (non-hydrogen) atoms. The van der Waals surface area contributed by atoms with Crippen molar-refractivity contribution in [2.45, 2.75) is 26.2 Å². The monoisotopic (exact) mass is 194 g/mol. The number of aromatic nitrogens is 1. The number of anilines is 1. The van der Waals surface area contributed by atoms with Crippen LogP contribution < -0.4 is 5.73 Å². The highest BCUT2D eigenvalue weighted by atomic mass is 16.4. The highest BCUT2D eigenvalue weighted by molar-refractivity contribution is 5.87. The number of hydrogen-bond acceptors (Lipinski definition) is 3. The van der Waals surface area contributed by atoms with Gasteiger partial charge in [-0.1, -0.05) is 20.8 Å². The smallest absolute Gasteiger partial charge is 0.354 e. The molecule has 1 aromatic heterocycles. The van der Waals surface area contributed by atoms with Crippen molar-refractivity contribution in [1.82, 2.24) is 4.98 Å². The van der Waals surface area contributed by atoms with Crippen molar-refractivity contribution >= 4 is 11.7 Å². The van der Waals surface area contributed by atoms with Crippen LogP contribution in [0, 0.1) is 0 Å². The first-order valence-corrected chi connectivity index (χ1v) is 4.31. The van der Waals surface area contributed by atoms with Crippen molar-refractivity contribution in [3.05, 3.63) is 23.5 Å². The predicted octanol–water partition coefficient (Wildman–Crippen LogP) is 1.66. The van der Waals surface area contributed by atoms with Crippen LogP contribution in [0.2, 0.25) is 0 Å². The molecule has 0 fully saturated rings. The van der Waals surface area contributed by atoms with E-state index < -0.39 is 5.97 Å². The fourth-order valence-electron chi connectivity index (χ4n) is 1.22. The Hall–Kier alpha value is -1.58. The van der Waals surface area contributed by atoms with E-state index in [1.54, 1.807) is 6.07 Å². The minimum atomic E-state index is -1.02. The number of nitrogens with two attached hydrogens (primary N) is 1. The zero-order valence-corrected chi connectivity index (χ0v) is 8.53. The Balaban J connectivity index is 3.38. The molecular weight excluding hydrogens is 180 g/mol. The molecule has 0 saturated carbocycles. The van der Waals surface area contributed by atoms with E-state index in [0.717, 1.165) is 0 Å². The second kappa shape index (κ2) is 3.29. The molecule has 0 amide bonds. The Morgan fingerprint density at radius 3 is 2.50 bits per heavy atom. The van der Waals surface area contributed by atoms with Crippen LogP contribution in [0.4, 0.5) is 5.69 Å². The topological polar surface area (TPSA) is 76.2 Å². The number of carboxylic acid groups (broad SMARTS) is 1. The van der Waals surface area contributed by atoms with Gasteiger partial charge in [0.25, 0.3) is 0 Å². The second-order valence-corrected chi connectivity index (χ2v) is 4.22. The molecule has 1 rings (SSSR count). The molecule has 3 N–H and O–H groups in total. The Labute approximate surface area is 82.8 Å². The van der Waals surface area contributed by atoms with Gasteiger partial charge in [0.15, 0.2) is 5.69 Å². The van der Waals surface area contributed by atoms with E-state index in [0.29, 0.717) is 11.3 Å². The molecule has 0 saturated heterocycles. The van der Waals surface area contributed by atoms with E-state index >= 15 is 0 Å². The standard InChI is InChI=1S/C10H14N2O2/c1-10(2,3)7-4-6(11)5-12-8(7)9(13)14/h4-5H,11H2,1-3H3,(H,13,14). The summed E-state index contributed by atoms with van der Waals surface area (Å²) >= 11 is 0. The fraction of sp³-hybridized carbons (Fsp3) is 0.400. The van der Waals surface area contributed by atoms with Gasteiger partial charge in [-0.15, -0.1) is 0 Å². The van der Waals surface area contributed by atoms with E-state index in [1.807, 2.05) is 20.8 Å². The molecule has 1 aromatic rings. The van der Waals surface area contributed by atoms with Crippen molar-refractivity contribution < 1.29 is 9.90 Å². The zero-order valence-electron chi connectivity index (χ0n) is 8.53. The molecule has 0 bridgehead atoms. The second-order valence-electron chi connectivity index (χ2n) is 4.22. The van der Waals surface area contributed by atoms with Crippen LogP contribution in [-0.4, -0.2) is 16.1 Å². The molecule has 0 atom stereocenters. The summed E-state index contributed by atoms with van der Waals surface area (Å²) in [6.45, 7) is 5.78. The van der Waals surface area contributed by atoms with E-state index in [4.69, 9.17) is 10.8 Å². The summed E-state index contributed by atoms with van der Waals surface area (Å²) in [5.41, 5.74) is 6.52. The van der Waals surface area contributed by atoms with Crippen LogP contribution in [0.15, 0.2) is 12.3 Å². The average molecular weight is 194 g/mol. The number of nitrogen functional groups attached to an aromatic ring is 1. The Bertz CT molecular complexity index is 367. The van der Waals surface area contributed by atoms with E-state index in [9.17, 15) is 4.79 Å². The Morgan fingerprint density at radius 1 is 1.50 bits per heavy atom. The lowest BCUT2D eigenvalue weighted by atomic mass is 9.85. The number of carbonyl (C=O) groups is 1. The van der Waals surface area contributed by atoms with Crippen molar-refractivity contribution in [3.63, 3.8) is 0 Å². The summed E-state index contributed by atoms with van der Waals surface area (Å²) in [5.74, 6) is -1.02. The quantitative estimate of drug-likeness (QED) is 0.712. The van der Waals surface area contributed by atoms with Gasteiger partial charge in [0.05, 0.1) is 11.9 Å². The van der Waals surface area contributed by atoms with Gasteiger partial charge in [0.2, 0.25) is 0 Å². The number of nitrogens with zero attached hydrogens (tertiary/aromatic N) is 1. The van der Waals surface area contributed by atoms with Crippen molar-refractivity contribution in [1.29, 1.82) is 0 Å². The number of carboxylic acids is 1. The van der Waals surface area contributed by atoms with Gasteiger partial charge >= 0.3 is 5.97 Å². The molecule has 0 radical (unpaired) electrons. The summed E-state index contributed by atoms with van der Waals surface area (Å²) in [4.78, 5) is 14.7. The van der Waals surface area contributed by atoms with Crippen LogP contribution in [0.25, 0.3) is 0 Å².